The molecule has 0 aromatic heterocycles. The van der Waals surface area contributed by atoms with Gasteiger partial charge in [-0.3, -0.25) is 0 Å². The smallest absolute Gasteiger partial charge is 0.306 e. The van der Waals surface area contributed by atoms with Gasteiger partial charge in [-0.25, -0.2) is 0 Å². The lowest BCUT2D eigenvalue weighted by atomic mass is 10.1. The Morgan fingerprint density at radius 1 is 1.29 bits per heavy atom. The second-order valence-electron chi connectivity index (χ2n) is 3.32. The molecule has 2 rings (SSSR count). The number of fused-ring (bicyclic) bond motifs is 1. The van der Waals surface area contributed by atoms with Crippen LogP contribution in [0.25, 0.3) is 0 Å². The predicted molar refractivity (Wildman–Crippen MR) is 52.5 cm³/mol. The van der Waals surface area contributed by atoms with Gasteiger partial charge >= 0.3 is 10.1 Å². The summed E-state index contributed by atoms with van der Waals surface area (Å²) >= 11 is 0. The SMILES string of the molecule is CS(=O)(=O)Oc1ccc2c(c1)CNC2. The molecular weight excluding hydrogens is 202 g/mol. The van der Waals surface area contributed by atoms with Gasteiger partial charge in [0.25, 0.3) is 0 Å². The highest BCUT2D eigenvalue weighted by molar-refractivity contribution is 7.86. The van der Waals surface area contributed by atoms with Gasteiger partial charge in [0.1, 0.15) is 5.75 Å². The first kappa shape index (κ1) is 9.48. The zero-order valence-corrected chi connectivity index (χ0v) is 8.60. The van der Waals surface area contributed by atoms with Gasteiger partial charge in [0.15, 0.2) is 0 Å². The Balaban J connectivity index is 2.29. The summed E-state index contributed by atoms with van der Waals surface area (Å²) in [5, 5.41) is 3.17. The van der Waals surface area contributed by atoms with Crippen molar-refractivity contribution in [3.63, 3.8) is 0 Å². The highest BCUT2D eigenvalue weighted by Crippen LogP contribution is 2.22. The average Bonchev–Trinajstić information content (AvgIpc) is 2.47. The maximum Gasteiger partial charge on any atom is 0.306 e. The summed E-state index contributed by atoms with van der Waals surface area (Å²) in [4.78, 5) is 0. The van der Waals surface area contributed by atoms with Crippen LogP contribution >= 0.6 is 0 Å². The molecule has 0 bridgehead atoms. The third kappa shape index (κ3) is 2.05. The molecule has 1 aliphatic heterocycles. The van der Waals surface area contributed by atoms with Crippen LogP contribution < -0.4 is 9.50 Å². The maximum atomic E-state index is 10.9. The van der Waals surface area contributed by atoms with Crippen LogP contribution in [0.5, 0.6) is 5.75 Å². The maximum absolute atomic E-state index is 10.9. The van der Waals surface area contributed by atoms with E-state index >= 15 is 0 Å². The van der Waals surface area contributed by atoms with Crippen LogP contribution in [-0.2, 0) is 23.2 Å². The minimum absolute atomic E-state index is 0.384. The van der Waals surface area contributed by atoms with E-state index in [2.05, 4.69) is 5.32 Å². The Labute approximate surface area is 83.0 Å². The molecule has 0 fully saturated rings. The molecule has 0 amide bonds. The van der Waals surface area contributed by atoms with Gasteiger partial charge in [0.2, 0.25) is 0 Å². The molecule has 4 nitrogen and oxygen atoms in total. The minimum atomic E-state index is -3.42. The Hall–Kier alpha value is -1.07. The van der Waals surface area contributed by atoms with Crippen LogP contribution in [0.2, 0.25) is 0 Å². The van der Waals surface area contributed by atoms with Gasteiger partial charge in [-0.15, -0.1) is 0 Å². The largest absolute Gasteiger partial charge is 0.383 e. The van der Waals surface area contributed by atoms with Crippen molar-refractivity contribution in [2.75, 3.05) is 6.26 Å². The number of rotatable bonds is 2. The van der Waals surface area contributed by atoms with E-state index in [1.54, 1.807) is 12.1 Å². The first-order chi connectivity index (χ1) is 6.54. The van der Waals surface area contributed by atoms with Crippen LogP contribution in [0.4, 0.5) is 0 Å². The third-order valence-corrected chi connectivity index (χ3v) is 2.55. The third-order valence-electron chi connectivity index (χ3n) is 2.06. The molecule has 0 unspecified atom stereocenters. The van der Waals surface area contributed by atoms with E-state index in [-0.39, 0.29) is 0 Å². The second kappa shape index (κ2) is 3.25. The zero-order chi connectivity index (χ0) is 10.2. The van der Waals surface area contributed by atoms with E-state index in [1.807, 2.05) is 6.07 Å². The summed E-state index contributed by atoms with van der Waals surface area (Å²) in [6.07, 6.45) is 1.04. The molecule has 1 heterocycles. The van der Waals surface area contributed by atoms with E-state index in [0.717, 1.165) is 24.9 Å². The number of nitrogens with one attached hydrogen (secondary N) is 1. The number of hydrogen-bond donors (Lipinski definition) is 1. The Bertz CT molecular complexity index is 453. The second-order valence-corrected chi connectivity index (χ2v) is 4.90. The Morgan fingerprint density at radius 3 is 2.71 bits per heavy atom. The molecule has 0 saturated heterocycles. The van der Waals surface area contributed by atoms with Gasteiger partial charge < -0.3 is 9.50 Å². The van der Waals surface area contributed by atoms with Gasteiger partial charge in [-0.05, 0) is 23.3 Å². The Morgan fingerprint density at radius 2 is 2.00 bits per heavy atom. The summed E-state index contributed by atoms with van der Waals surface area (Å²) in [6, 6.07) is 5.32. The molecule has 1 aliphatic rings. The molecule has 1 aromatic rings. The number of benzene rings is 1. The molecule has 1 aromatic carbocycles. The van der Waals surface area contributed by atoms with Crippen LogP contribution in [0.15, 0.2) is 18.2 Å². The summed E-state index contributed by atoms with van der Waals surface area (Å²) in [7, 11) is -3.42. The lowest BCUT2D eigenvalue weighted by Crippen LogP contribution is -2.05. The number of hydrogen-bond acceptors (Lipinski definition) is 4. The van der Waals surface area contributed by atoms with E-state index in [4.69, 9.17) is 4.18 Å². The molecule has 0 spiro atoms. The zero-order valence-electron chi connectivity index (χ0n) is 7.78. The highest BCUT2D eigenvalue weighted by Gasteiger charge is 2.12. The van der Waals surface area contributed by atoms with Gasteiger partial charge in [-0.1, -0.05) is 6.07 Å². The van der Waals surface area contributed by atoms with Crippen molar-refractivity contribution in [1.82, 2.24) is 5.32 Å². The van der Waals surface area contributed by atoms with Crippen molar-refractivity contribution in [1.29, 1.82) is 0 Å². The van der Waals surface area contributed by atoms with E-state index in [0.29, 0.717) is 5.75 Å². The molecule has 0 atom stereocenters. The molecule has 0 radical (unpaired) electrons. The highest BCUT2D eigenvalue weighted by atomic mass is 32.2. The van der Waals surface area contributed by atoms with Crippen molar-refractivity contribution >= 4 is 10.1 Å². The minimum Gasteiger partial charge on any atom is -0.383 e. The van der Waals surface area contributed by atoms with Crippen LogP contribution in [0.3, 0.4) is 0 Å². The average molecular weight is 213 g/mol. The molecule has 5 heteroatoms. The van der Waals surface area contributed by atoms with Crippen molar-refractivity contribution < 1.29 is 12.6 Å². The quantitative estimate of drug-likeness (QED) is 0.732. The fourth-order valence-electron chi connectivity index (χ4n) is 1.50. The van der Waals surface area contributed by atoms with Crippen molar-refractivity contribution in [3.05, 3.63) is 29.3 Å². The molecule has 0 saturated carbocycles. The van der Waals surface area contributed by atoms with E-state index in [1.165, 1.54) is 5.56 Å². The van der Waals surface area contributed by atoms with Gasteiger partial charge in [0.05, 0.1) is 6.26 Å². The predicted octanol–water partition coefficient (Wildman–Crippen LogP) is 0.628. The van der Waals surface area contributed by atoms with Crippen LogP contribution in [0.1, 0.15) is 11.1 Å². The first-order valence-corrected chi connectivity index (χ1v) is 6.08. The van der Waals surface area contributed by atoms with Gasteiger partial charge in [0, 0.05) is 13.1 Å². The van der Waals surface area contributed by atoms with Crippen LogP contribution in [0, 0.1) is 0 Å². The van der Waals surface area contributed by atoms with Crippen molar-refractivity contribution in [3.8, 4) is 5.75 Å². The fourth-order valence-corrected chi connectivity index (χ4v) is 1.95. The molecule has 14 heavy (non-hydrogen) atoms. The Kier molecular flexibility index (Phi) is 2.20. The monoisotopic (exact) mass is 213 g/mol. The lowest BCUT2D eigenvalue weighted by molar-refractivity contribution is 0.492. The molecule has 0 aliphatic carbocycles. The lowest BCUT2D eigenvalue weighted by Gasteiger charge is -2.04. The fraction of sp³-hybridized carbons (Fsp3) is 0.333. The molecular formula is C9H11NO3S. The van der Waals surface area contributed by atoms with Crippen molar-refractivity contribution in [2.24, 2.45) is 0 Å². The van der Waals surface area contributed by atoms with E-state index < -0.39 is 10.1 Å². The summed E-state index contributed by atoms with van der Waals surface area (Å²) in [5.74, 6) is 0.384. The summed E-state index contributed by atoms with van der Waals surface area (Å²) in [6.45, 7) is 1.62. The molecule has 76 valence electrons. The van der Waals surface area contributed by atoms with Gasteiger partial charge in [-0.2, -0.15) is 8.42 Å². The van der Waals surface area contributed by atoms with Crippen molar-refractivity contribution in [2.45, 2.75) is 13.1 Å². The standard InChI is InChI=1S/C9H11NO3S/c1-14(11,12)13-9-3-2-7-5-10-6-8(7)4-9/h2-4,10H,5-6H2,1H3. The summed E-state index contributed by atoms with van der Waals surface area (Å²) < 4.78 is 26.5. The normalized spacial score (nSPS) is 15.2. The first-order valence-electron chi connectivity index (χ1n) is 4.26. The summed E-state index contributed by atoms with van der Waals surface area (Å²) in [5.41, 5.74) is 2.30. The van der Waals surface area contributed by atoms with Crippen LogP contribution in [-0.4, -0.2) is 14.7 Å². The molecule has 1 N–H and O–H groups in total. The van der Waals surface area contributed by atoms with E-state index in [9.17, 15) is 8.42 Å². The topological polar surface area (TPSA) is 55.4 Å².